The molecule has 2 aromatic rings. The Labute approximate surface area is 123 Å². The molecule has 2 rings (SSSR count). The highest BCUT2D eigenvalue weighted by Gasteiger charge is 2.13. The quantitative estimate of drug-likeness (QED) is 0.655. The molecule has 1 unspecified atom stereocenters. The number of benzene rings is 2. The molecule has 0 aliphatic carbocycles. The number of non-ortho nitro benzene ring substituents is 1. The molecule has 0 radical (unpaired) electrons. The van der Waals surface area contributed by atoms with Gasteiger partial charge in [0.15, 0.2) is 0 Å². The van der Waals surface area contributed by atoms with E-state index in [0.717, 1.165) is 22.4 Å². The molecule has 0 aliphatic heterocycles. The largest absolute Gasteiger partial charge is 0.508 e. The van der Waals surface area contributed by atoms with E-state index < -0.39 is 4.92 Å². The van der Waals surface area contributed by atoms with E-state index in [4.69, 9.17) is 0 Å². The highest BCUT2D eigenvalue weighted by atomic mass is 16.6. The molecule has 5 heteroatoms. The Balaban J connectivity index is 2.23. The molecule has 2 aromatic carbocycles. The summed E-state index contributed by atoms with van der Waals surface area (Å²) in [4.78, 5) is 10.3. The third-order valence-corrected chi connectivity index (χ3v) is 3.45. The predicted molar refractivity (Wildman–Crippen MR) is 82.7 cm³/mol. The predicted octanol–water partition coefficient (Wildman–Crippen LogP) is 4.09. The molecule has 21 heavy (non-hydrogen) atoms. The summed E-state index contributed by atoms with van der Waals surface area (Å²) in [6.45, 7) is 5.67. The monoisotopic (exact) mass is 286 g/mol. The Morgan fingerprint density at radius 2 is 1.90 bits per heavy atom. The third kappa shape index (κ3) is 3.31. The number of hydrogen-bond acceptors (Lipinski definition) is 4. The second-order valence-electron chi connectivity index (χ2n) is 5.18. The van der Waals surface area contributed by atoms with Crippen LogP contribution in [-0.2, 0) is 0 Å². The van der Waals surface area contributed by atoms with Crippen molar-refractivity contribution in [2.75, 3.05) is 5.32 Å². The van der Waals surface area contributed by atoms with Crippen molar-refractivity contribution in [2.24, 2.45) is 0 Å². The van der Waals surface area contributed by atoms with Crippen LogP contribution in [0.1, 0.15) is 29.7 Å². The van der Waals surface area contributed by atoms with Crippen molar-refractivity contribution in [3.8, 4) is 5.75 Å². The van der Waals surface area contributed by atoms with Crippen LogP contribution in [0.25, 0.3) is 0 Å². The van der Waals surface area contributed by atoms with E-state index in [1.807, 2.05) is 32.9 Å². The zero-order chi connectivity index (χ0) is 15.6. The molecule has 0 bridgehead atoms. The van der Waals surface area contributed by atoms with Crippen LogP contribution >= 0.6 is 0 Å². The number of hydrogen-bond donors (Lipinski definition) is 2. The van der Waals surface area contributed by atoms with Gasteiger partial charge in [0.25, 0.3) is 5.69 Å². The van der Waals surface area contributed by atoms with Gasteiger partial charge in [-0.15, -0.1) is 0 Å². The van der Waals surface area contributed by atoms with E-state index in [2.05, 4.69) is 5.32 Å². The Morgan fingerprint density at radius 1 is 1.19 bits per heavy atom. The third-order valence-electron chi connectivity index (χ3n) is 3.45. The number of anilines is 1. The first-order valence-electron chi connectivity index (χ1n) is 6.69. The maximum absolute atomic E-state index is 10.7. The van der Waals surface area contributed by atoms with E-state index in [9.17, 15) is 15.2 Å². The van der Waals surface area contributed by atoms with Crippen LogP contribution in [0.2, 0.25) is 0 Å². The molecule has 0 aliphatic rings. The van der Waals surface area contributed by atoms with Gasteiger partial charge in [-0.3, -0.25) is 10.1 Å². The van der Waals surface area contributed by atoms with Gasteiger partial charge in [0.1, 0.15) is 5.75 Å². The topological polar surface area (TPSA) is 75.4 Å². The summed E-state index contributed by atoms with van der Waals surface area (Å²) in [6.07, 6.45) is 0. The van der Waals surface area contributed by atoms with Crippen LogP contribution in [0.15, 0.2) is 36.4 Å². The summed E-state index contributed by atoms with van der Waals surface area (Å²) in [7, 11) is 0. The average molecular weight is 286 g/mol. The molecule has 110 valence electrons. The number of phenols is 1. The van der Waals surface area contributed by atoms with Gasteiger partial charge in [-0.25, -0.2) is 0 Å². The van der Waals surface area contributed by atoms with Crippen LogP contribution in [0.3, 0.4) is 0 Å². The molecule has 0 heterocycles. The number of aryl methyl sites for hydroxylation is 2. The summed E-state index contributed by atoms with van der Waals surface area (Å²) in [5, 5.41) is 24.0. The number of aromatic hydroxyl groups is 1. The maximum Gasteiger partial charge on any atom is 0.269 e. The number of nitro benzene ring substituents is 1. The van der Waals surface area contributed by atoms with Gasteiger partial charge >= 0.3 is 0 Å². The number of rotatable bonds is 4. The molecular formula is C16H18N2O3. The van der Waals surface area contributed by atoms with Crippen molar-refractivity contribution in [1.82, 2.24) is 0 Å². The molecule has 0 amide bonds. The van der Waals surface area contributed by atoms with E-state index in [-0.39, 0.29) is 17.5 Å². The van der Waals surface area contributed by atoms with Gasteiger partial charge in [0.05, 0.1) is 11.0 Å². The number of nitrogens with zero attached hydrogens (tertiary/aromatic N) is 1. The molecular weight excluding hydrogens is 268 g/mol. The van der Waals surface area contributed by atoms with E-state index in [1.165, 1.54) is 12.1 Å². The second kappa shape index (κ2) is 5.83. The normalized spacial score (nSPS) is 12.0. The number of nitro groups is 1. The van der Waals surface area contributed by atoms with Crippen molar-refractivity contribution in [3.63, 3.8) is 0 Å². The minimum Gasteiger partial charge on any atom is -0.508 e. The van der Waals surface area contributed by atoms with E-state index in [0.29, 0.717) is 0 Å². The lowest BCUT2D eigenvalue weighted by molar-refractivity contribution is -0.384. The van der Waals surface area contributed by atoms with Gasteiger partial charge in [-0.1, -0.05) is 12.1 Å². The standard InChI is InChI=1S/C16H18N2O3/c1-10-4-6-14(16(19)8-10)12(3)17-15-7-5-13(18(20)21)9-11(15)2/h4-9,12,17,19H,1-3H3. The highest BCUT2D eigenvalue weighted by molar-refractivity contribution is 5.57. The zero-order valence-corrected chi connectivity index (χ0v) is 12.3. The summed E-state index contributed by atoms with van der Waals surface area (Å²) < 4.78 is 0. The Morgan fingerprint density at radius 3 is 2.48 bits per heavy atom. The van der Waals surface area contributed by atoms with Crippen LogP contribution in [0.5, 0.6) is 5.75 Å². The summed E-state index contributed by atoms with van der Waals surface area (Å²) in [5.41, 5.74) is 3.47. The van der Waals surface area contributed by atoms with Crippen LogP contribution < -0.4 is 5.32 Å². The molecule has 0 aromatic heterocycles. The number of nitrogens with one attached hydrogen (secondary N) is 1. The minimum absolute atomic E-state index is 0.0730. The highest BCUT2D eigenvalue weighted by Crippen LogP contribution is 2.30. The van der Waals surface area contributed by atoms with Crippen LogP contribution in [0, 0.1) is 24.0 Å². The van der Waals surface area contributed by atoms with Crippen molar-refractivity contribution >= 4 is 11.4 Å². The fourth-order valence-corrected chi connectivity index (χ4v) is 2.25. The van der Waals surface area contributed by atoms with E-state index >= 15 is 0 Å². The van der Waals surface area contributed by atoms with Gasteiger partial charge in [-0.05, 0) is 44.0 Å². The van der Waals surface area contributed by atoms with Gasteiger partial charge in [-0.2, -0.15) is 0 Å². The second-order valence-corrected chi connectivity index (χ2v) is 5.18. The molecule has 0 spiro atoms. The number of phenolic OH excluding ortho intramolecular Hbond substituents is 1. The van der Waals surface area contributed by atoms with E-state index in [1.54, 1.807) is 12.1 Å². The first kappa shape index (κ1) is 14.8. The SMILES string of the molecule is Cc1ccc(C(C)Nc2ccc([N+](=O)[O-])cc2C)c(O)c1. The summed E-state index contributed by atoms with van der Waals surface area (Å²) in [6, 6.07) is 10.1. The molecule has 0 saturated carbocycles. The smallest absolute Gasteiger partial charge is 0.269 e. The van der Waals surface area contributed by atoms with Crippen molar-refractivity contribution in [1.29, 1.82) is 0 Å². The lowest BCUT2D eigenvalue weighted by Crippen LogP contribution is -2.08. The minimum atomic E-state index is -0.411. The van der Waals surface area contributed by atoms with Gasteiger partial charge < -0.3 is 10.4 Å². The average Bonchev–Trinajstić information content (AvgIpc) is 2.40. The van der Waals surface area contributed by atoms with Crippen molar-refractivity contribution in [2.45, 2.75) is 26.8 Å². The zero-order valence-electron chi connectivity index (χ0n) is 12.3. The molecule has 2 N–H and O–H groups in total. The lowest BCUT2D eigenvalue weighted by Gasteiger charge is -2.18. The molecule has 5 nitrogen and oxygen atoms in total. The van der Waals surface area contributed by atoms with Crippen LogP contribution in [0.4, 0.5) is 11.4 Å². The Kier molecular flexibility index (Phi) is 4.12. The fourth-order valence-electron chi connectivity index (χ4n) is 2.25. The Bertz CT molecular complexity index is 683. The lowest BCUT2D eigenvalue weighted by atomic mass is 10.0. The molecule has 0 fully saturated rings. The fraction of sp³-hybridized carbons (Fsp3) is 0.250. The summed E-state index contributed by atoms with van der Waals surface area (Å²) in [5.74, 6) is 0.245. The Hall–Kier alpha value is -2.56. The molecule has 1 atom stereocenters. The van der Waals surface area contributed by atoms with Crippen LogP contribution in [-0.4, -0.2) is 10.0 Å². The summed E-state index contributed by atoms with van der Waals surface area (Å²) >= 11 is 0. The van der Waals surface area contributed by atoms with Gasteiger partial charge in [0, 0.05) is 23.4 Å². The molecule has 0 saturated heterocycles. The first-order chi connectivity index (χ1) is 9.88. The van der Waals surface area contributed by atoms with Crippen molar-refractivity contribution < 1.29 is 10.0 Å². The van der Waals surface area contributed by atoms with Gasteiger partial charge in [0.2, 0.25) is 0 Å². The van der Waals surface area contributed by atoms with Crippen molar-refractivity contribution in [3.05, 3.63) is 63.2 Å². The maximum atomic E-state index is 10.7. The first-order valence-corrected chi connectivity index (χ1v) is 6.69.